The number of nitrogens with one attached hydrogen (secondary N) is 4. The highest BCUT2D eigenvalue weighted by Gasteiger charge is 2.32. The summed E-state index contributed by atoms with van der Waals surface area (Å²) in [6, 6.07) is 6.16. The smallest absolute Gasteiger partial charge is 0.249 e. The topological polar surface area (TPSA) is 146 Å². The molecule has 1 fully saturated rings. The number of hydrogen-bond acceptors (Lipinski definition) is 7. The van der Waals surface area contributed by atoms with E-state index in [-0.39, 0.29) is 31.7 Å². The van der Waals surface area contributed by atoms with Crippen LogP contribution in [-0.2, 0) is 35.1 Å². The van der Waals surface area contributed by atoms with Crippen LogP contribution in [0.2, 0.25) is 0 Å². The summed E-state index contributed by atoms with van der Waals surface area (Å²) in [4.78, 5) is 67.5. The number of thioether (sulfide) groups is 1. The van der Waals surface area contributed by atoms with E-state index in [4.69, 9.17) is 4.74 Å². The highest BCUT2D eigenvalue weighted by molar-refractivity contribution is 7.98. The van der Waals surface area contributed by atoms with Gasteiger partial charge in [0.25, 0.3) is 0 Å². The molecule has 1 saturated heterocycles. The van der Waals surface area contributed by atoms with E-state index in [1.807, 2.05) is 36.6 Å². The van der Waals surface area contributed by atoms with Gasteiger partial charge in [-0.1, -0.05) is 44.2 Å². The van der Waals surface area contributed by atoms with Crippen molar-refractivity contribution in [3.8, 4) is 0 Å². The van der Waals surface area contributed by atoms with Crippen molar-refractivity contribution in [3.05, 3.63) is 35.9 Å². The minimum Gasteiger partial charge on any atom is -0.369 e. The Kier molecular flexibility index (Phi) is 14.1. The third-order valence-corrected chi connectivity index (χ3v) is 7.24. The predicted molar refractivity (Wildman–Crippen MR) is 159 cm³/mol. The minimum absolute atomic E-state index is 0.0178. The van der Waals surface area contributed by atoms with Crippen molar-refractivity contribution in [1.82, 2.24) is 26.2 Å². The first-order chi connectivity index (χ1) is 19.4. The number of carbonyl (C=O) groups is 5. The number of carbonyl (C=O) groups excluding carboxylic acids is 5. The molecule has 0 saturated carbocycles. The molecule has 0 aliphatic carbocycles. The van der Waals surface area contributed by atoms with Gasteiger partial charge in [0, 0.05) is 6.54 Å². The second-order valence-electron chi connectivity index (χ2n) is 10.9. The third kappa shape index (κ3) is 11.7. The second-order valence-corrected chi connectivity index (χ2v) is 11.9. The fourth-order valence-corrected chi connectivity index (χ4v) is 4.78. The van der Waals surface area contributed by atoms with Crippen LogP contribution in [0, 0.1) is 5.92 Å². The highest BCUT2D eigenvalue weighted by Crippen LogP contribution is 2.10. The Morgan fingerprint density at radius 1 is 0.976 bits per heavy atom. The van der Waals surface area contributed by atoms with E-state index >= 15 is 0 Å². The van der Waals surface area contributed by atoms with Crippen molar-refractivity contribution in [2.45, 2.75) is 77.7 Å². The zero-order chi connectivity index (χ0) is 30.5. The van der Waals surface area contributed by atoms with E-state index in [9.17, 15) is 24.0 Å². The molecule has 1 aliphatic heterocycles. The second kappa shape index (κ2) is 17.0. The molecule has 41 heavy (non-hydrogen) atoms. The minimum atomic E-state index is -0.932. The molecule has 228 valence electrons. The van der Waals surface area contributed by atoms with Gasteiger partial charge in [0.1, 0.15) is 24.7 Å². The number of rotatable bonds is 9. The summed E-state index contributed by atoms with van der Waals surface area (Å²) < 4.78 is 5.52. The van der Waals surface area contributed by atoms with Crippen molar-refractivity contribution in [3.63, 3.8) is 0 Å². The number of benzene rings is 1. The van der Waals surface area contributed by atoms with Crippen molar-refractivity contribution in [2.24, 2.45) is 5.92 Å². The first kappa shape index (κ1) is 34.1. The molecule has 0 spiro atoms. The van der Waals surface area contributed by atoms with Crippen LogP contribution < -0.4 is 21.3 Å². The predicted octanol–water partition coefficient (Wildman–Crippen LogP) is 0.865. The zero-order valence-corrected chi connectivity index (χ0v) is 25.7. The maximum atomic E-state index is 13.3. The Labute approximate surface area is 247 Å². The SMILES string of the molecule is CSCC[C@@H]1NC(=O)[C@H](C(C)C)NC(=O)CN(C(=O)COC(C)C)C[C@@H](Cc2ccccc2)NC(=O)[C@H](C)NC1=O. The molecule has 5 amide bonds. The van der Waals surface area contributed by atoms with Crippen LogP contribution in [-0.4, -0.2) is 96.4 Å². The van der Waals surface area contributed by atoms with Crippen molar-refractivity contribution in [2.75, 3.05) is 31.7 Å². The monoisotopic (exact) mass is 591 g/mol. The third-order valence-electron chi connectivity index (χ3n) is 6.60. The Morgan fingerprint density at radius 2 is 1.66 bits per heavy atom. The van der Waals surface area contributed by atoms with Gasteiger partial charge in [0.05, 0.1) is 18.7 Å². The molecule has 1 aromatic carbocycles. The summed E-state index contributed by atoms with van der Waals surface area (Å²) in [5.74, 6) is -2.08. The Balaban J connectivity index is 2.46. The van der Waals surface area contributed by atoms with E-state index in [0.29, 0.717) is 18.6 Å². The van der Waals surface area contributed by atoms with Crippen LogP contribution >= 0.6 is 11.8 Å². The summed E-state index contributed by atoms with van der Waals surface area (Å²) in [5, 5.41) is 11.2. The maximum absolute atomic E-state index is 13.3. The molecule has 1 heterocycles. The molecular formula is C29H45N5O6S. The summed E-state index contributed by atoms with van der Waals surface area (Å²) in [5.41, 5.74) is 0.925. The van der Waals surface area contributed by atoms with Crippen LogP contribution in [0.3, 0.4) is 0 Å². The van der Waals surface area contributed by atoms with Crippen molar-refractivity contribution in [1.29, 1.82) is 0 Å². The average Bonchev–Trinajstić information content (AvgIpc) is 2.91. The molecule has 1 aliphatic rings. The van der Waals surface area contributed by atoms with E-state index < -0.39 is 53.7 Å². The fraction of sp³-hybridized carbons (Fsp3) is 0.621. The van der Waals surface area contributed by atoms with E-state index in [0.717, 1.165) is 5.56 Å². The van der Waals surface area contributed by atoms with Gasteiger partial charge in [0.2, 0.25) is 29.5 Å². The van der Waals surface area contributed by atoms with E-state index in [1.54, 1.807) is 34.6 Å². The number of hydrogen-bond donors (Lipinski definition) is 4. The number of nitrogens with zero attached hydrogens (tertiary/aromatic N) is 1. The molecule has 0 radical (unpaired) electrons. The summed E-state index contributed by atoms with van der Waals surface area (Å²) >= 11 is 1.53. The van der Waals surface area contributed by atoms with Gasteiger partial charge >= 0.3 is 0 Å². The summed E-state index contributed by atoms with van der Waals surface area (Å²) in [7, 11) is 0. The van der Waals surface area contributed by atoms with E-state index in [1.165, 1.54) is 16.7 Å². The van der Waals surface area contributed by atoms with Crippen molar-refractivity contribution < 1.29 is 28.7 Å². The first-order valence-electron chi connectivity index (χ1n) is 14.0. The van der Waals surface area contributed by atoms with E-state index in [2.05, 4.69) is 21.3 Å². The molecule has 1 aromatic rings. The fourth-order valence-electron chi connectivity index (χ4n) is 4.31. The van der Waals surface area contributed by atoms with Gasteiger partial charge in [-0.15, -0.1) is 0 Å². The molecule has 4 atom stereocenters. The van der Waals surface area contributed by atoms with Crippen LogP contribution in [0.4, 0.5) is 0 Å². The quantitative estimate of drug-likeness (QED) is 0.333. The largest absolute Gasteiger partial charge is 0.369 e. The van der Waals surface area contributed by atoms with Gasteiger partial charge in [-0.3, -0.25) is 24.0 Å². The van der Waals surface area contributed by atoms with Crippen LogP contribution in [0.25, 0.3) is 0 Å². The van der Waals surface area contributed by atoms with Crippen LogP contribution in [0.1, 0.15) is 46.6 Å². The number of amides is 5. The summed E-state index contributed by atoms with van der Waals surface area (Å²) in [6.07, 6.45) is 2.43. The van der Waals surface area contributed by atoms with Crippen LogP contribution in [0.15, 0.2) is 30.3 Å². The Bertz CT molecular complexity index is 1040. The first-order valence-corrected chi connectivity index (χ1v) is 15.4. The number of ether oxygens (including phenoxy) is 1. The molecule has 2 rings (SSSR count). The van der Waals surface area contributed by atoms with Gasteiger partial charge in [0.15, 0.2) is 0 Å². The molecule has 4 N–H and O–H groups in total. The highest BCUT2D eigenvalue weighted by atomic mass is 32.2. The van der Waals surface area contributed by atoms with Gasteiger partial charge in [-0.2, -0.15) is 11.8 Å². The van der Waals surface area contributed by atoms with Crippen molar-refractivity contribution >= 4 is 41.3 Å². The van der Waals surface area contributed by atoms with Gasteiger partial charge < -0.3 is 30.9 Å². The van der Waals surface area contributed by atoms with Crippen LogP contribution in [0.5, 0.6) is 0 Å². The normalized spacial score (nSPS) is 23.3. The lowest BCUT2D eigenvalue weighted by atomic mass is 10.0. The lowest BCUT2D eigenvalue weighted by Crippen LogP contribution is -2.57. The lowest BCUT2D eigenvalue weighted by molar-refractivity contribution is -0.142. The molecule has 0 bridgehead atoms. The molecule has 12 heteroatoms. The summed E-state index contributed by atoms with van der Waals surface area (Å²) in [6.45, 7) is 8.19. The Morgan fingerprint density at radius 3 is 2.27 bits per heavy atom. The van der Waals surface area contributed by atoms with Gasteiger partial charge in [-0.05, 0) is 57.1 Å². The molecule has 0 aromatic heterocycles. The zero-order valence-electron chi connectivity index (χ0n) is 24.9. The molecule has 0 unspecified atom stereocenters. The van der Waals surface area contributed by atoms with Gasteiger partial charge in [-0.25, -0.2) is 0 Å². The average molecular weight is 592 g/mol. The Hall–Kier alpha value is -3.12. The molecule has 11 nitrogen and oxygen atoms in total. The lowest BCUT2D eigenvalue weighted by Gasteiger charge is -2.30. The maximum Gasteiger partial charge on any atom is 0.249 e. The standard InChI is InChI=1S/C29H45N5O6S/c1-18(2)26-29(39)32-23(12-13-41-6)28(38)30-20(5)27(37)31-22(14-21-10-8-7-9-11-21)15-34(16-24(35)33-26)25(36)17-40-19(3)4/h7-11,18-20,22-23,26H,12-17H2,1-6H3,(H,30,38)(H,31,37)(H,32,39)(H,33,35)/t20-,22+,23-,26-/m0/s1. The molecular weight excluding hydrogens is 546 g/mol.